The van der Waals surface area contributed by atoms with Gasteiger partial charge in [0.1, 0.15) is 0 Å². The molecule has 0 radical (unpaired) electrons. The second kappa shape index (κ2) is 7.24. The summed E-state index contributed by atoms with van der Waals surface area (Å²) in [6, 6.07) is 10.1. The van der Waals surface area contributed by atoms with Crippen molar-refractivity contribution < 1.29 is 27.9 Å². The molecule has 34 heavy (non-hydrogen) atoms. The number of fused-ring (bicyclic) bond motifs is 1. The summed E-state index contributed by atoms with van der Waals surface area (Å²) in [5, 5.41) is 11.1. The number of aryl methyl sites for hydroxylation is 3. The number of halogens is 1. The van der Waals surface area contributed by atoms with Crippen LogP contribution in [0.5, 0.6) is 0 Å². The van der Waals surface area contributed by atoms with Crippen molar-refractivity contribution in [1.82, 2.24) is 4.31 Å². The third-order valence-corrected chi connectivity index (χ3v) is 9.28. The molecule has 3 heterocycles. The lowest BCUT2D eigenvalue weighted by Crippen LogP contribution is -2.70. The molecule has 6 rings (SSSR count). The minimum Gasteiger partial charge on any atom is -0.374 e. The maximum Gasteiger partial charge on any atom is 0.275 e. The zero-order valence-corrected chi connectivity index (χ0v) is 20.1. The summed E-state index contributed by atoms with van der Waals surface area (Å²) < 4.78 is 28.2. The smallest absolute Gasteiger partial charge is 0.275 e. The molecule has 2 fully saturated rings. The van der Waals surface area contributed by atoms with Gasteiger partial charge in [-0.1, -0.05) is 47.5 Å². The minimum absolute atomic E-state index is 0.0830. The Kier molecular flexibility index (Phi) is 4.85. The molecule has 2 saturated heterocycles. The standard InChI is InChI=1S/C24H21ClN2O6S/c1-12-9-13(2)20(14(3)10-12)34(32,33)27-16-11-17(25)24(31,23(27)30)19-18(16)21(28)26(22(19)29)15-7-5-4-6-8-15/h4-11,16,18-19,31H,1-3H3/t16-,18+,19-,24-/m1/s1. The Morgan fingerprint density at radius 2 is 1.56 bits per heavy atom. The van der Waals surface area contributed by atoms with Gasteiger partial charge >= 0.3 is 0 Å². The molecule has 0 spiro atoms. The summed E-state index contributed by atoms with van der Waals surface area (Å²) in [6.07, 6.45) is 1.19. The molecular formula is C24H21ClN2O6S. The first kappa shape index (κ1) is 22.8. The number of hydrogen-bond acceptors (Lipinski definition) is 6. The number of nitrogens with zero attached hydrogens (tertiary/aromatic N) is 2. The van der Waals surface area contributed by atoms with Gasteiger partial charge in [-0.05, 0) is 50.1 Å². The van der Waals surface area contributed by atoms with Crippen molar-refractivity contribution in [3.63, 3.8) is 0 Å². The number of sulfonamides is 1. The van der Waals surface area contributed by atoms with Crippen LogP contribution in [0.4, 0.5) is 5.69 Å². The van der Waals surface area contributed by atoms with Crippen LogP contribution in [-0.4, -0.2) is 47.2 Å². The lowest BCUT2D eigenvalue weighted by Gasteiger charge is -2.50. The average molecular weight is 501 g/mol. The molecule has 3 aliphatic heterocycles. The summed E-state index contributed by atoms with van der Waals surface area (Å²) >= 11 is 6.25. The molecule has 0 aromatic heterocycles. The highest BCUT2D eigenvalue weighted by atomic mass is 35.5. The zero-order chi connectivity index (χ0) is 24.7. The highest BCUT2D eigenvalue weighted by molar-refractivity contribution is 7.89. The predicted molar refractivity (Wildman–Crippen MR) is 123 cm³/mol. The van der Waals surface area contributed by atoms with E-state index in [4.69, 9.17) is 11.6 Å². The van der Waals surface area contributed by atoms with Gasteiger partial charge in [-0.15, -0.1) is 0 Å². The van der Waals surface area contributed by atoms with Crippen LogP contribution in [-0.2, 0) is 24.4 Å². The van der Waals surface area contributed by atoms with E-state index in [0.717, 1.165) is 10.5 Å². The second-order valence-corrected chi connectivity index (χ2v) is 11.1. The summed E-state index contributed by atoms with van der Waals surface area (Å²) in [5.41, 5.74) is -0.720. The van der Waals surface area contributed by atoms with Crippen LogP contribution in [0.3, 0.4) is 0 Å². The molecule has 8 nitrogen and oxygen atoms in total. The fourth-order valence-electron chi connectivity index (χ4n) is 5.53. The van der Waals surface area contributed by atoms with Crippen molar-refractivity contribution in [3.8, 4) is 0 Å². The highest BCUT2D eigenvalue weighted by Gasteiger charge is 2.73. The number of para-hydroxylation sites is 1. The molecule has 0 saturated carbocycles. The summed E-state index contributed by atoms with van der Waals surface area (Å²) in [4.78, 5) is 41.2. The van der Waals surface area contributed by atoms with Crippen molar-refractivity contribution in [3.05, 3.63) is 70.3 Å². The highest BCUT2D eigenvalue weighted by Crippen LogP contribution is 2.54. The van der Waals surface area contributed by atoms with Crippen LogP contribution >= 0.6 is 11.6 Å². The molecule has 4 aliphatic rings. The molecule has 176 valence electrons. The number of imide groups is 1. The normalized spacial score (nSPS) is 28.4. The monoisotopic (exact) mass is 500 g/mol. The Bertz CT molecular complexity index is 1400. The predicted octanol–water partition coefficient (Wildman–Crippen LogP) is 2.18. The number of amides is 3. The number of benzene rings is 2. The van der Waals surface area contributed by atoms with Crippen LogP contribution in [0.25, 0.3) is 0 Å². The van der Waals surface area contributed by atoms with E-state index >= 15 is 0 Å². The van der Waals surface area contributed by atoms with Crippen molar-refractivity contribution in [2.24, 2.45) is 11.8 Å². The molecule has 1 aliphatic carbocycles. The Balaban J connectivity index is 1.69. The van der Waals surface area contributed by atoms with E-state index < -0.39 is 51.2 Å². The van der Waals surface area contributed by atoms with Crippen LogP contribution in [0.2, 0.25) is 0 Å². The molecule has 3 amide bonds. The Labute approximate surface area is 201 Å². The fraction of sp³-hybridized carbons (Fsp3) is 0.292. The van der Waals surface area contributed by atoms with Gasteiger partial charge in [0.2, 0.25) is 11.8 Å². The number of rotatable bonds is 3. The number of aliphatic hydroxyl groups is 1. The summed E-state index contributed by atoms with van der Waals surface area (Å²) in [5.74, 6) is -5.56. The van der Waals surface area contributed by atoms with E-state index in [1.54, 1.807) is 56.3 Å². The summed E-state index contributed by atoms with van der Waals surface area (Å²) in [7, 11) is -4.50. The molecule has 2 aromatic rings. The molecular weight excluding hydrogens is 480 g/mol. The van der Waals surface area contributed by atoms with Crippen LogP contribution in [0.15, 0.2) is 58.5 Å². The van der Waals surface area contributed by atoms with Crippen LogP contribution in [0.1, 0.15) is 16.7 Å². The van der Waals surface area contributed by atoms with Crippen molar-refractivity contribution in [2.45, 2.75) is 37.3 Å². The van der Waals surface area contributed by atoms with Crippen LogP contribution < -0.4 is 4.90 Å². The van der Waals surface area contributed by atoms with E-state index in [1.165, 1.54) is 6.08 Å². The van der Waals surface area contributed by atoms with E-state index in [9.17, 15) is 27.9 Å². The van der Waals surface area contributed by atoms with Crippen molar-refractivity contribution in [1.29, 1.82) is 0 Å². The molecule has 4 atom stereocenters. The molecule has 2 aromatic carbocycles. The van der Waals surface area contributed by atoms with Crippen molar-refractivity contribution in [2.75, 3.05) is 4.90 Å². The number of piperidine rings is 1. The third kappa shape index (κ3) is 2.74. The number of carbonyl (C=O) groups is 3. The largest absolute Gasteiger partial charge is 0.374 e. The minimum atomic E-state index is -4.50. The van der Waals surface area contributed by atoms with Crippen molar-refractivity contribution >= 4 is 45.0 Å². The van der Waals surface area contributed by atoms with Gasteiger partial charge in [0.05, 0.1) is 33.5 Å². The lowest BCUT2D eigenvalue weighted by molar-refractivity contribution is -0.165. The van der Waals surface area contributed by atoms with Gasteiger partial charge in [0, 0.05) is 0 Å². The van der Waals surface area contributed by atoms with Gasteiger partial charge < -0.3 is 5.11 Å². The van der Waals surface area contributed by atoms with E-state index in [2.05, 4.69) is 0 Å². The Hall–Kier alpha value is -3.01. The van der Waals surface area contributed by atoms with Gasteiger partial charge in [-0.2, -0.15) is 0 Å². The molecule has 1 N–H and O–H groups in total. The van der Waals surface area contributed by atoms with Gasteiger partial charge in [0.15, 0.2) is 5.60 Å². The number of hydrogen-bond donors (Lipinski definition) is 1. The number of anilines is 1. The Morgan fingerprint density at radius 1 is 0.971 bits per heavy atom. The third-order valence-electron chi connectivity index (χ3n) is 6.78. The maximum atomic E-state index is 13.8. The molecule has 0 unspecified atom stereocenters. The second-order valence-electron chi connectivity index (χ2n) is 8.96. The van der Waals surface area contributed by atoms with E-state index in [-0.39, 0.29) is 15.6 Å². The lowest BCUT2D eigenvalue weighted by atomic mass is 9.67. The van der Waals surface area contributed by atoms with Crippen LogP contribution in [0, 0.1) is 32.6 Å². The SMILES string of the molecule is Cc1cc(C)c(S(=O)(=O)N2C(=O)[C@@]3(O)C(Cl)=C[C@@H]2[C@@H]2C(=O)N(c4ccccc4)C(=O)[C@@H]23)c(C)c1. The summed E-state index contributed by atoms with van der Waals surface area (Å²) in [6.45, 7) is 5.05. The van der Waals surface area contributed by atoms with Gasteiger partial charge in [-0.25, -0.2) is 17.6 Å². The van der Waals surface area contributed by atoms with Gasteiger partial charge in [-0.3, -0.25) is 14.4 Å². The molecule has 10 heteroatoms. The Morgan fingerprint density at radius 3 is 2.15 bits per heavy atom. The first-order valence-corrected chi connectivity index (χ1v) is 12.4. The number of carbonyl (C=O) groups excluding carboxylic acids is 3. The average Bonchev–Trinajstić information content (AvgIpc) is 3.01. The van der Waals surface area contributed by atoms with E-state index in [1.807, 2.05) is 6.92 Å². The zero-order valence-electron chi connectivity index (χ0n) is 18.5. The van der Waals surface area contributed by atoms with E-state index in [0.29, 0.717) is 15.4 Å². The molecule has 2 bridgehead atoms. The maximum absolute atomic E-state index is 13.8. The first-order valence-electron chi connectivity index (χ1n) is 10.6. The fourth-order valence-corrected chi connectivity index (χ4v) is 7.85. The first-order chi connectivity index (χ1) is 15.9. The topological polar surface area (TPSA) is 112 Å². The van der Waals surface area contributed by atoms with Gasteiger partial charge in [0.25, 0.3) is 15.9 Å². The quantitative estimate of drug-likeness (QED) is 0.646.